The zero-order valence-corrected chi connectivity index (χ0v) is 11.4. The third-order valence-electron chi connectivity index (χ3n) is 2.97. The first-order valence-electron chi connectivity index (χ1n) is 6.11. The molecular weight excluding hydrogens is 250 g/mol. The van der Waals surface area contributed by atoms with Crippen LogP contribution in [0.2, 0.25) is 0 Å². The molecule has 0 spiro atoms. The molecule has 0 aliphatic rings. The van der Waals surface area contributed by atoms with Crippen LogP contribution in [0, 0.1) is 28.9 Å². The standard InChI is InChI=1S/C14H18F2N2O/c1-4-10(7-17)8-18(2)9-11-5-13(16)14(19-3)6-12(11)15/h5-6,10H,4,8-9H2,1-3H3. The van der Waals surface area contributed by atoms with Gasteiger partial charge in [-0.1, -0.05) is 6.92 Å². The molecule has 19 heavy (non-hydrogen) atoms. The van der Waals surface area contributed by atoms with Crippen LogP contribution in [0.5, 0.6) is 5.75 Å². The van der Waals surface area contributed by atoms with Gasteiger partial charge in [0.2, 0.25) is 0 Å². The number of methoxy groups -OCH3 is 1. The molecule has 5 heteroatoms. The maximum atomic E-state index is 13.7. The molecule has 0 aromatic heterocycles. The largest absolute Gasteiger partial charge is 0.494 e. The van der Waals surface area contributed by atoms with E-state index >= 15 is 0 Å². The van der Waals surface area contributed by atoms with Gasteiger partial charge in [-0.05, 0) is 19.5 Å². The van der Waals surface area contributed by atoms with Crippen molar-refractivity contribution in [2.24, 2.45) is 5.92 Å². The Hall–Kier alpha value is -1.67. The topological polar surface area (TPSA) is 36.3 Å². The van der Waals surface area contributed by atoms with Gasteiger partial charge in [0.25, 0.3) is 0 Å². The molecule has 0 saturated carbocycles. The van der Waals surface area contributed by atoms with Crippen molar-refractivity contribution in [2.45, 2.75) is 19.9 Å². The second kappa shape index (κ2) is 7.05. The van der Waals surface area contributed by atoms with Crippen molar-refractivity contribution in [2.75, 3.05) is 20.7 Å². The molecule has 0 heterocycles. The van der Waals surface area contributed by atoms with Gasteiger partial charge in [0, 0.05) is 24.7 Å². The minimum absolute atomic E-state index is 0.101. The van der Waals surface area contributed by atoms with Crippen LogP contribution in [0.25, 0.3) is 0 Å². The maximum Gasteiger partial charge on any atom is 0.165 e. The van der Waals surface area contributed by atoms with Gasteiger partial charge in [0.1, 0.15) is 5.82 Å². The van der Waals surface area contributed by atoms with E-state index in [-0.39, 0.29) is 23.8 Å². The summed E-state index contributed by atoms with van der Waals surface area (Å²) in [6.07, 6.45) is 0.736. The monoisotopic (exact) mass is 268 g/mol. The smallest absolute Gasteiger partial charge is 0.165 e. The Kier molecular flexibility index (Phi) is 5.71. The first-order valence-corrected chi connectivity index (χ1v) is 6.11. The van der Waals surface area contributed by atoms with Crippen LogP contribution < -0.4 is 4.74 Å². The molecule has 0 fully saturated rings. The summed E-state index contributed by atoms with van der Waals surface area (Å²) in [5.74, 6) is -1.29. The fraction of sp³-hybridized carbons (Fsp3) is 0.500. The maximum absolute atomic E-state index is 13.7. The van der Waals surface area contributed by atoms with Crippen LogP contribution in [-0.2, 0) is 6.54 Å². The average molecular weight is 268 g/mol. The highest BCUT2D eigenvalue weighted by Gasteiger charge is 2.14. The molecule has 3 nitrogen and oxygen atoms in total. The first kappa shape index (κ1) is 15.4. The van der Waals surface area contributed by atoms with Crippen molar-refractivity contribution in [1.82, 2.24) is 4.90 Å². The van der Waals surface area contributed by atoms with Crippen molar-refractivity contribution in [3.8, 4) is 11.8 Å². The van der Waals surface area contributed by atoms with E-state index in [0.29, 0.717) is 6.54 Å². The molecular formula is C14H18F2N2O. The van der Waals surface area contributed by atoms with Crippen LogP contribution in [0.3, 0.4) is 0 Å². The lowest BCUT2D eigenvalue weighted by atomic mass is 10.1. The molecule has 0 bridgehead atoms. The fourth-order valence-corrected chi connectivity index (χ4v) is 1.84. The van der Waals surface area contributed by atoms with Crippen LogP contribution in [-0.4, -0.2) is 25.6 Å². The summed E-state index contributed by atoms with van der Waals surface area (Å²) in [5.41, 5.74) is 0.258. The molecule has 0 aliphatic carbocycles. The quantitative estimate of drug-likeness (QED) is 0.796. The van der Waals surface area contributed by atoms with E-state index in [4.69, 9.17) is 10.00 Å². The van der Waals surface area contributed by atoms with E-state index < -0.39 is 11.6 Å². The van der Waals surface area contributed by atoms with Crippen molar-refractivity contribution in [1.29, 1.82) is 5.26 Å². The zero-order chi connectivity index (χ0) is 14.4. The molecule has 1 unspecified atom stereocenters. The van der Waals surface area contributed by atoms with Gasteiger partial charge in [0.05, 0.1) is 19.1 Å². The lowest BCUT2D eigenvalue weighted by molar-refractivity contribution is 0.287. The van der Waals surface area contributed by atoms with E-state index in [1.54, 1.807) is 7.05 Å². The average Bonchev–Trinajstić information content (AvgIpc) is 2.39. The Labute approximate surface area is 112 Å². The molecule has 104 valence electrons. The van der Waals surface area contributed by atoms with Gasteiger partial charge in [-0.25, -0.2) is 8.78 Å². The predicted molar refractivity (Wildman–Crippen MR) is 68.6 cm³/mol. The van der Waals surface area contributed by atoms with Gasteiger partial charge in [-0.3, -0.25) is 0 Å². The highest BCUT2D eigenvalue weighted by atomic mass is 19.1. The summed E-state index contributed by atoms with van der Waals surface area (Å²) in [4.78, 5) is 1.81. The third kappa shape index (κ3) is 4.18. The SMILES string of the molecule is CCC(C#N)CN(C)Cc1cc(F)c(OC)cc1F. The number of hydrogen-bond donors (Lipinski definition) is 0. The highest BCUT2D eigenvalue weighted by molar-refractivity contribution is 5.30. The first-order chi connectivity index (χ1) is 9.01. The minimum Gasteiger partial charge on any atom is -0.494 e. The second-order valence-corrected chi connectivity index (χ2v) is 4.51. The van der Waals surface area contributed by atoms with Crippen molar-refractivity contribution >= 4 is 0 Å². The molecule has 0 aliphatic heterocycles. The molecule has 1 rings (SSSR count). The van der Waals surface area contributed by atoms with Crippen LogP contribution >= 0.6 is 0 Å². The Morgan fingerprint density at radius 2 is 2.05 bits per heavy atom. The summed E-state index contributed by atoms with van der Waals surface area (Å²) in [5, 5.41) is 8.88. The molecule has 1 aromatic rings. The summed E-state index contributed by atoms with van der Waals surface area (Å²) in [6, 6.07) is 4.36. The normalized spacial score (nSPS) is 12.3. The number of halogens is 2. The van der Waals surface area contributed by atoms with Gasteiger partial charge in [-0.2, -0.15) is 5.26 Å². The van der Waals surface area contributed by atoms with E-state index in [1.807, 2.05) is 11.8 Å². The predicted octanol–water partition coefficient (Wildman–Crippen LogP) is 2.95. The van der Waals surface area contributed by atoms with Crippen LogP contribution in [0.1, 0.15) is 18.9 Å². The van der Waals surface area contributed by atoms with Crippen molar-refractivity contribution in [3.05, 3.63) is 29.3 Å². The second-order valence-electron chi connectivity index (χ2n) is 4.51. The van der Waals surface area contributed by atoms with Gasteiger partial charge in [-0.15, -0.1) is 0 Å². The number of nitrogens with zero attached hydrogens (tertiary/aromatic N) is 2. The lowest BCUT2D eigenvalue weighted by Gasteiger charge is -2.19. The Balaban J connectivity index is 2.77. The van der Waals surface area contributed by atoms with E-state index in [1.165, 1.54) is 7.11 Å². The van der Waals surface area contributed by atoms with Gasteiger partial charge >= 0.3 is 0 Å². The molecule has 0 saturated heterocycles. The van der Waals surface area contributed by atoms with E-state index in [9.17, 15) is 8.78 Å². The molecule has 1 atom stereocenters. The Morgan fingerprint density at radius 3 is 2.58 bits per heavy atom. The Morgan fingerprint density at radius 1 is 1.37 bits per heavy atom. The Bertz CT molecular complexity index is 471. The van der Waals surface area contributed by atoms with E-state index in [0.717, 1.165) is 18.6 Å². The lowest BCUT2D eigenvalue weighted by Crippen LogP contribution is -2.25. The number of rotatable bonds is 6. The third-order valence-corrected chi connectivity index (χ3v) is 2.97. The summed E-state index contributed by atoms with van der Waals surface area (Å²) in [7, 11) is 3.07. The van der Waals surface area contributed by atoms with Crippen LogP contribution in [0.4, 0.5) is 8.78 Å². The summed E-state index contributed by atoms with van der Waals surface area (Å²) < 4.78 is 32.0. The molecule has 0 amide bonds. The molecule has 0 N–H and O–H groups in total. The number of benzene rings is 1. The number of hydrogen-bond acceptors (Lipinski definition) is 3. The van der Waals surface area contributed by atoms with Gasteiger partial charge < -0.3 is 9.64 Å². The van der Waals surface area contributed by atoms with Crippen LogP contribution in [0.15, 0.2) is 12.1 Å². The van der Waals surface area contributed by atoms with Crippen molar-refractivity contribution in [3.63, 3.8) is 0 Å². The van der Waals surface area contributed by atoms with Crippen molar-refractivity contribution < 1.29 is 13.5 Å². The van der Waals surface area contributed by atoms with E-state index in [2.05, 4.69) is 6.07 Å². The highest BCUT2D eigenvalue weighted by Crippen LogP contribution is 2.22. The fourth-order valence-electron chi connectivity index (χ4n) is 1.84. The summed E-state index contributed by atoms with van der Waals surface area (Å²) in [6.45, 7) is 2.71. The van der Waals surface area contributed by atoms with Gasteiger partial charge in [0.15, 0.2) is 11.6 Å². The zero-order valence-electron chi connectivity index (χ0n) is 11.4. The number of ether oxygens (including phenoxy) is 1. The summed E-state index contributed by atoms with van der Waals surface area (Å²) >= 11 is 0. The minimum atomic E-state index is -0.584. The number of nitriles is 1. The molecule has 1 aromatic carbocycles. The molecule has 0 radical (unpaired) electrons.